The summed E-state index contributed by atoms with van der Waals surface area (Å²) in [6, 6.07) is 5.55. The molecule has 132 valence electrons. The van der Waals surface area contributed by atoms with Crippen molar-refractivity contribution in [2.45, 2.75) is 26.7 Å². The quantitative estimate of drug-likeness (QED) is 0.797. The van der Waals surface area contributed by atoms with Crippen LogP contribution in [0.15, 0.2) is 24.4 Å². The number of amides is 1. The van der Waals surface area contributed by atoms with E-state index in [9.17, 15) is 9.59 Å². The molecule has 0 spiro atoms. The van der Waals surface area contributed by atoms with Crippen molar-refractivity contribution in [2.75, 3.05) is 23.3 Å². The number of thiazole rings is 1. The predicted molar refractivity (Wildman–Crippen MR) is 102 cm³/mol. The third-order valence-corrected chi connectivity index (χ3v) is 5.57. The number of nitrogens with zero attached hydrogens (tertiary/aromatic N) is 2. The minimum absolute atomic E-state index is 0.144. The van der Waals surface area contributed by atoms with Crippen molar-refractivity contribution in [3.63, 3.8) is 0 Å². The highest BCUT2D eigenvalue weighted by atomic mass is 35.5. The first-order valence-electron chi connectivity index (χ1n) is 8.26. The fourth-order valence-corrected chi connectivity index (χ4v) is 3.90. The maximum Gasteiger partial charge on any atom is 0.267 e. The van der Waals surface area contributed by atoms with Crippen molar-refractivity contribution in [3.8, 4) is 0 Å². The first-order valence-corrected chi connectivity index (χ1v) is 9.46. The Bertz CT molecular complexity index is 805. The van der Waals surface area contributed by atoms with Crippen molar-refractivity contribution in [1.82, 2.24) is 4.98 Å². The molecule has 2 heterocycles. The summed E-state index contributed by atoms with van der Waals surface area (Å²) in [5.74, 6) is 0.195. The molecule has 1 aromatic carbocycles. The van der Waals surface area contributed by atoms with Gasteiger partial charge in [0.05, 0.1) is 17.6 Å². The zero-order valence-corrected chi connectivity index (χ0v) is 15.8. The molecule has 1 unspecified atom stereocenters. The van der Waals surface area contributed by atoms with Crippen molar-refractivity contribution in [2.24, 2.45) is 5.92 Å². The van der Waals surface area contributed by atoms with Gasteiger partial charge in [-0.2, -0.15) is 0 Å². The van der Waals surface area contributed by atoms with E-state index in [1.54, 1.807) is 6.07 Å². The number of benzene rings is 1. The van der Waals surface area contributed by atoms with Crippen LogP contribution in [-0.2, 0) is 0 Å². The normalized spacial score (nSPS) is 17.4. The van der Waals surface area contributed by atoms with Gasteiger partial charge in [0.25, 0.3) is 5.91 Å². The number of carbonyl (C=O) groups is 2. The Balaban J connectivity index is 1.84. The number of rotatable bonds is 4. The zero-order valence-electron chi connectivity index (χ0n) is 14.2. The number of halogens is 1. The summed E-state index contributed by atoms with van der Waals surface area (Å²) >= 11 is 7.23. The van der Waals surface area contributed by atoms with Gasteiger partial charge < -0.3 is 10.2 Å². The van der Waals surface area contributed by atoms with Gasteiger partial charge in [-0.1, -0.05) is 18.5 Å². The van der Waals surface area contributed by atoms with Crippen molar-refractivity contribution in [1.29, 1.82) is 0 Å². The first-order chi connectivity index (χ1) is 11.9. The average Bonchev–Trinajstić information content (AvgIpc) is 3.05. The lowest BCUT2D eigenvalue weighted by molar-refractivity contribution is 0.101. The summed E-state index contributed by atoms with van der Waals surface area (Å²) in [6.45, 7) is 5.59. The highest BCUT2D eigenvalue weighted by Gasteiger charge is 2.21. The Labute approximate surface area is 156 Å². The van der Waals surface area contributed by atoms with E-state index in [1.807, 2.05) is 12.1 Å². The third-order valence-electron chi connectivity index (χ3n) is 4.24. The molecule has 7 heteroatoms. The number of hydrogen-bond acceptors (Lipinski definition) is 5. The molecule has 1 aliphatic rings. The van der Waals surface area contributed by atoms with E-state index in [0.717, 1.165) is 36.5 Å². The fraction of sp³-hybridized carbons (Fsp3) is 0.389. The molecule has 1 fully saturated rings. The van der Waals surface area contributed by atoms with Crippen LogP contribution >= 0.6 is 22.9 Å². The van der Waals surface area contributed by atoms with Crippen LogP contribution in [-0.4, -0.2) is 29.8 Å². The van der Waals surface area contributed by atoms with Gasteiger partial charge in [0, 0.05) is 25.0 Å². The van der Waals surface area contributed by atoms with Crippen molar-refractivity contribution >= 4 is 46.0 Å². The molecular formula is C18H20ClN3O2S. The zero-order chi connectivity index (χ0) is 18.0. The first kappa shape index (κ1) is 17.9. The van der Waals surface area contributed by atoms with Crippen molar-refractivity contribution < 1.29 is 9.59 Å². The lowest BCUT2D eigenvalue weighted by Gasteiger charge is -2.34. The highest BCUT2D eigenvalue weighted by Crippen LogP contribution is 2.33. The summed E-state index contributed by atoms with van der Waals surface area (Å²) in [4.78, 5) is 30.6. The summed E-state index contributed by atoms with van der Waals surface area (Å²) in [5, 5.41) is 3.83. The minimum Gasteiger partial charge on any atom is -0.370 e. The van der Waals surface area contributed by atoms with Crippen LogP contribution in [0.4, 0.5) is 11.4 Å². The number of Topliss-reactive ketones (excluding diaryl/α,β-unsaturated/α-hetero) is 1. The Morgan fingerprint density at radius 3 is 2.88 bits per heavy atom. The van der Waals surface area contributed by atoms with Crippen LogP contribution in [0.1, 0.15) is 46.2 Å². The van der Waals surface area contributed by atoms with Gasteiger partial charge in [0.15, 0.2) is 10.8 Å². The lowest BCUT2D eigenvalue weighted by Crippen LogP contribution is -2.34. The molecule has 0 saturated carbocycles. The highest BCUT2D eigenvalue weighted by molar-refractivity contribution is 7.15. The van der Waals surface area contributed by atoms with E-state index in [-0.39, 0.29) is 11.7 Å². The van der Waals surface area contributed by atoms with E-state index in [1.165, 1.54) is 19.5 Å². The Morgan fingerprint density at radius 2 is 2.20 bits per heavy atom. The van der Waals surface area contributed by atoms with Gasteiger partial charge in [0.1, 0.15) is 4.88 Å². The van der Waals surface area contributed by atoms with E-state index in [2.05, 4.69) is 22.1 Å². The molecule has 1 atom stereocenters. The molecule has 5 nitrogen and oxygen atoms in total. The van der Waals surface area contributed by atoms with Crippen LogP contribution < -0.4 is 10.2 Å². The topological polar surface area (TPSA) is 62.3 Å². The molecule has 1 aromatic heterocycles. The smallest absolute Gasteiger partial charge is 0.267 e. The number of ketones is 1. The van der Waals surface area contributed by atoms with Gasteiger partial charge in [0.2, 0.25) is 0 Å². The van der Waals surface area contributed by atoms with Crippen LogP contribution in [0.5, 0.6) is 0 Å². The number of carbonyl (C=O) groups excluding carboxylic acids is 2. The summed E-state index contributed by atoms with van der Waals surface area (Å²) in [6.07, 6.45) is 3.79. The largest absolute Gasteiger partial charge is 0.370 e. The summed E-state index contributed by atoms with van der Waals surface area (Å²) < 4.78 is 0. The Morgan fingerprint density at radius 1 is 1.40 bits per heavy atom. The second kappa shape index (κ2) is 7.54. The summed E-state index contributed by atoms with van der Waals surface area (Å²) in [7, 11) is 0. The monoisotopic (exact) mass is 377 g/mol. The molecule has 1 N–H and O–H groups in total. The molecule has 1 aliphatic heterocycles. The number of nitrogens with one attached hydrogen (secondary N) is 1. The van der Waals surface area contributed by atoms with E-state index in [0.29, 0.717) is 26.5 Å². The van der Waals surface area contributed by atoms with E-state index in [4.69, 9.17) is 11.6 Å². The molecule has 3 rings (SSSR count). The molecule has 1 saturated heterocycles. The van der Waals surface area contributed by atoms with Gasteiger partial charge in [-0.25, -0.2) is 4.98 Å². The Hall–Kier alpha value is -1.92. The fourth-order valence-electron chi connectivity index (χ4n) is 3.02. The molecule has 2 aromatic rings. The number of piperidine rings is 1. The molecule has 0 radical (unpaired) electrons. The molecule has 0 bridgehead atoms. The van der Waals surface area contributed by atoms with Crippen molar-refractivity contribution in [3.05, 3.63) is 39.3 Å². The third kappa shape index (κ3) is 4.19. The van der Waals surface area contributed by atoms with Crippen LogP contribution in [0.25, 0.3) is 0 Å². The van der Waals surface area contributed by atoms with Gasteiger partial charge in [-0.05, 0) is 37.0 Å². The maximum atomic E-state index is 12.5. The predicted octanol–water partition coefficient (Wildman–Crippen LogP) is 4.49. The molecule has 0 aliphatic carbocycles. The molecule has 25 heavy (non-hydrogen) atoms. The number of hydrogen-bond donors (Lipinski definition) is 1. The average molecular weight is 378 g/mol. The second-order valence-electron chi connectivity index (χ2n) is 6.39. The van der Waals surface area contributed by atoms with E-state index < -0.39 is 0 Å². The SMILES string of the molecule is CC(=O)c1ncc(C(=O)Nc2cc(Cl)ccc2N2CCCC(C)C2)s1. The summed E-state index contributed by atoms with van der Waals surface area (Å²) in [5.41, 5.74) is 1.66. The standard InChI is InChI=1S/C18H20ClN3O2S/c1-11-4-3-7-22(10-11)15-6-5-13(19)8-14(15)21-17(24)16-9-20-18(25-16)12(2)23/h5-6,8-9,11H,3-4,7,10H2,1-2H3,(H,21,24). The van der Waals surface area contributed by atoms with Gasteiger partial charge in [-0.3, -0.25) is 9.59 Å². The molecular weight excluding hydrogens is 358 g/mol. The number of anilines is 2. The van der Waals surface area contributed by atoms with Crippen LogP contribution in [0, 0.1) is 5.92 Å². The van der Waals surface area contributed by atoms with Gasteiger partial charge in [-0.15, -0.1) is 11.3 Å². The Kier molecular flexibility index (Phi) is 5.39. The number of aromatic nitrogens is 1. The second-order valence-corrected chi connectivity index (χ2v) is 7.86. The molecule has 1 amide bonds. The van der Waals surface area contributed by atoms with Gasteiger partial charge >= 0.3 is 0 Å². The lowest BCUT2D eigenvalue weighted by atomic mass is 9.99. The minimum atomic E-state index is -0.279. The van der Waals surface area contributed by atoms with Crippen LogP contribution in [0.2, 0.25) is 5.02 Å². The van der Waals surface area contributed by atoms with Crippen LogP contribution in [0.3, 0.4) is 0 Å². The van der Waals surface area contributed by atoms with E-state index >= 15 is 0 Å². The maximum absolute atomic E-state index is 12.5.